The number of fused-ring (bicyclic) bond motifs is 3. The zero-order valence-corrected chi connectivity index (χ0v) is 14.5. The highest BCUT2D eigenvalue weighted by Gasteiger charge is 2.11. The fourth-order valence-corrected chi connectivity index (χ4v) is 3.20. The predicted molar refractivity (Wildman–Crippen MR) is 103 cm³/mol. The van der Waals surface area contributed by atoms with E-state index in [4.69, 9.17) is 4.42 Å². The number of rotatable bonds is 5. The number of aryl methyl sites for hydroxylation is 1. The lowest BCUT2D eigenvalue weighted by atomic mass is 10.2. The first-order valence-electron chi connectivity index (χ1n) is 8.57. The standard InChI is InChI=1S/C21H19N3O2/c1-15(20-11-6-14-26-20)22-23-21(25)12-13-24-18-9-4-2-7-16(18)17-8-3-5-10-19(17)24/h2-11,14H,12-13H2,1H3,(H,23,25)/b22-15+. The summed E-state index contributed by atoms with van der Waals surface area (Å²) in [6.07, 6.45) is 1.93. The predicted octanol–water partition coefficient (Wildman–Crippen LogP) is 4.32. The van der Waals surface area contributed by atoms with Gasteiger partial charge >= 0.3 is 0 Å². The van der Waals surface area contributed by atoms with E-state index < -0.39 is 0 Å². The first-order valence-corrected chi connectivity index (χ1v) is 8.57. The first-order chi connectivity index (χ1) is 12.7. The highest BCUT2D eigenvalue weighted by Crippen LogP contribution is 2.28. The third-order valence-corrected chi connectivity index (χ3v) is 4.47. The van der Waals surface area contributed by atoms with Crippen LogP contribution in [0.2, 0.25) is 0 Å². The number of hydrogen-bond acceptors (Lipinski definition) is 3. The van der Waals surface area contributed by atoms with Gasteiger partial charge < -0.3 is 8.98 Å². The summed E-state index contributed by atoms with van der Waals surface area (Å²) in [5, 5.41) is 6.51. The van der Waals surface area contributed by atoms with Crippen molar-refractivity contribution in [2.75, 3.05) is 0 Å². The van der Waals surface area contributed by atoms with Gasteiger partial charge in [0.15, 0.2) is 0 Å². The summed E-state index contributed by atoms with van der Waals surface area (Å²) >= 11 is 0. The summed E-state index contributed by atoms with van der Waals surface area (Å²) in [7, 11) is 0. The van der Waals surface area contributed by atoms with Gasteiger partial charge in [0.25, 0.3) is 0 Å². The molecule has 2 aromatic carbocycles. The topological polar surface area (TPSA) is 59.5 Å². The molecular weight excluding hydrogens is 326 g/mol. The molecule has 0 fully saturated rings. The van der Waals surface area contributed by atoms with Gasteiger partial charge in [0.1, 0.15) is 11.5 Å². The number of aromatic nitrogens is 1. The molecule has 4 aromatic rings. The Morgan fingerprint density at radius 2 is 1.65 bits per heavy atom. The lowest BCUT2D eigenvalue weighted by Gasteiger charge is -2.07. The minimum absolute atomic E-state index is 0.127. The number of nitrogens with zero attached hydrogens (tertiary/aromatic N) is 2. The van der Waals surface area contributed by atoms with E-state index >= 15 is 0 Å². The highest BCUT2D eigenvalue weighted by molar-refractivity contribution is 6.08. The molecule has 5 nitrogen and oxygen atoms in total. The summed E-state index contributed by atoms with van der Waals surface area (Å²) in [5.74, 6) is 0.519. The van der Waals surface area contributed by atoms with Crippen molar-refractivity contribution in [3.05, 3.63) is 72.7 Å². The zero-order chi connectivity index (χ0) is 17.9. The van der Waals surface area contributed by atoms with E-state index in [-0.39, 0.29) is 5.91 Å². The third-order valence-electron chi connectivity index (χ3n) is 4.47. The fraction of sp³-hybridized carbons (Fsp3) is 0.143. The van der Waals surface area contributed by atoms with Crippen LogP contribution in [0, 0.1) is 0 Å². The molecule has 1 N–H and O–H groups in total. The minimum Gasteiger partial charge on any atom is -0.463 e. The molecule has 4 rings (SSSR count). The van der Waals surface area contributed by atoms with E-state index in [0.29, 0.717) is 24.4 Å². The van der Waals surface area contributed by atoms with E-state index in [1.54, 1.807) is 19.3 Å². The van der Waals surface area contributed by atoms with Gasteiger partial charge in [-0.05, 0) is 31.2 Å². The Kier molecular flexibility index (Phi) is 4.27. The Labute approximate surface area is 150 Å². The Hall–Kier alpha value is -3.34. The van der Waals surface area contributed by atoms with Crippen molar-refractivity contribution < 1.29 is 9.21 Å². The quantitative estimate of drug-likeness (QED) is 0.433. The van der Waals surface area contributed by atoms with Crippen LogP contribution in [0.5, 0.6) is 0 Å². The molecular formula is C21H19N3O2. The van der Waals surface area contributed by atoms with Crippen LogP contribution in [-0.4, -0.2) is 16.2 Å². The molecule has 0 bridgehead atoms. The number of carbonyl (C=O) groups is 1. The number of benzene rings is 2. The third kappa shape index (κ3) is 2.99. The lowest BCUT2D eigenvalue weighted by Crippen LogP contribution is -2.20. The molecule has 0 unspecified atom stereocenters. The van der Waals surface area contributed by atoms with Gasteiger partial charge in [0.2, 0.25) is 5.91 Å². The Balaban J connectivity index is 1.52. The van der Waals surface area contributed by atoms with Crippen LogP contribution in [0.3, 0.4) is 0 Å². The molecule has 5 heteroatoms. The Morgan fingerprint density at radius 3 is 2.27 bits per heavy atom. The number of furan rings is 1. The van der Waals surface area contributed by atoms with Gasteiger partial charge in [-0.25, -0.2) is 5.43 Å². The van der Waals surface area contributed by atoms with Crippen LogP contribution >= 0.6 is 0 Å². The summed E-state index contributed by atoms with van der Waals surface area (Å²) in [6, 6.07) is 20.1. The second kappa shape index (κ2) is 6.88. The Bertz CT molecular complexity index is 1040. The van der Waals surface area contributed by atoms with Gasteiger partial charge in [0, 0.05) is 34.8 Å². The summed E-state index contributed by atoms with van der Waals surface area (Å²) in [6.45, 7) is 2.39. The van der Waals surface area contributed by atoms with Crippen molar-refractivity contribution in [2.24, 2.45) is 5.10 Å². The number of para-hydroxylation sites is 2. The number of carbonyl (C=O) groups excluding carboxylic acids is 1. The van der Waals surface area contributed by atoms with Crippen molar-refractivity contribution in [3.8, 4) is 0 Å². The van der Waals surface area contributed by atoms with E-state index in [1.807, 2.05) is 30.3 Å². The van der Waals surface area contributed by atoms with E-state index in [9.17, 15) is 4.79 Å². The van der Waals surface area contributed by atoms with Crippen LogP contribution in [-0.2, 0) is 11.3 Å². The summed E-state index contributed by atoms with van der Waals surface area (Å²) < 4.78 is 7.44. The van der Waals surface area contributed by atoms with Crippen LogP contribution in [0.4, 0.5) is 0 Å². The molecule has 0 spiro atoms. The molecule has 0 aliphatic heterocycles. The largest absolute Gasteiger partial charge is 0.463 e. The van der Waals surface area contributed by atoms with Gasteiger partial charge in [-0.15, -0.1) is 0 Å². The SMILES string of the molecule is C/C(=N\NC(=O)CCn1c2ccccc2c2ccccc21)c1ccco1. The van der Waals surface area contributed by atoms with Crippen molar-refractivity contribution in [2.45, 2.75) is 19.9 Å². The molecule has 0 atom stereocenters. The van der Waals surface area contributed by atoms with Crippen LogP contribution < -0.4 is 5.43 Å². The van der Waals surface area contributed by atoms with Gasteiger partial charge in [0.05, 0.1) is 6.26 Å². The maximum absolute atomic E-state index is 12.2. The second-order valence-corrected chi connectivity index (χ2v) is 6.15. The summed E-state index contributed by atoms with van der Waals surface area (Å²) in [5.41, 5.74) is 5.52. The molecule has 2 aromatic heterocycles. The normalized spacial score (nSPS) is 12.0. The fourth-order valence-electron chi connectivity index (χ4n) is 3.20. The molecule has 2 heterocycles. The van der Waals surface area contributed by atoms with E-state index in [0.717, 1.165) is 11.0 Å². The maximum atomic E-state index is 12.2. The van der Waals surface area contributed by atoms with Crippen molar-refractivity contribution >= 4 is 33.4 Å². The molecule has 1 amide bonds. The summed E-state index contributed by atoms with van der Waals surface area (Å²) in [4.78, 5) is 12.2. The molecule has 0 radical (unpaired) electrons. The lowest BCUT2D eigenvalue weighted by molar-refractivity contribution is -0.121. The number of hydrogen-bond donors (Lipinski definition) is 1. The van der Waals surface area contributed by atoms with Gasteiger partial charge in [-0.1, -0.05) is 36.4 Å². The van der Waals surface area contributed by atoms with Crippen molar-refractivity contribution in [3.63, 3.8) is 0 Å². The van der Waals surface area contributed by atoms with Crippen LogP contribution in [0.15, 0.2) is 76.4 Å². The number of nitrogens with one attached hydrogen (secondary N) is 1. The molecule has 26 heavy (non-hydrogen) atoms. The smallest absolute Gasteiger partial charge is 0.241 e. The average molecular weight is 345 g/mol. The van der Waals surface area contributed by atoms with Gasteiger partial charge in [-0.2, -0.15) is 5.10 Å². The van der Waals surface area contributed by atoms with Crippen LogP contribution in [0.1, 0.15) is 19.1 Å². The van der Waals surface area contributed by atoms with Gasteiger partial charge in [-0.3, -0.25) is 4.79 Å². The molecule has 0 saturated heterocycles. The molecule has 0 aliphatic rings. The second-order valence-electron chi connectivity index (χ2n) is 6.15. The van der Waals surface area contributed by atoms with Crippen molar-refractivity contribution in [1.82, 2.24) is 9.99 Å². The van der Waals surface area contributed by atoms with E-state index in [1.165, 1.54) is 10.8 Å². The Morgan fingerprint density at radius 1 is 1.00 bits per heavy atom. The monoisotopic (exact) mass is 345 g/mol. The number of hydrazone groups is 1. The minimum atomic E-state index is -0.127. The molecule has 0 saturated carbocycles. The van der Waals surface area contributed by atoms with Crippen LogP contribution in [0.25, 0.3) is 21.8 Å². The first kappa shape index (κ1) is 16.1. The maximum Gasteiger partial charge on any atom is 0.241 e. The van der Waals surface area contributed by atoms with E-state index in [2.05, 4.69) is 39.4 Å². The average Bonchev–Trinajstić information content (AvgIpc) is 3.31. The number of amides is 1. The molecule has 0 aliphatic carbocycles. The zero-order valence-electron chi connectivity index (χ0n) is 14.5. The van der Waals surface area contributed by atoms with Crippen molar-refractivity contribution in [1.29, 1.82) is 0 Å². The highest BCUT2D eigenvalue weighted by atomic mass is 16.3. The molecule has 130 valence electrons.